The van der Waals surface area contributed by atoms with Crippen molar-refractivity contribution in [3.05, 3.63) is 66.7 Å². The summed E-state index contributed by atoms with van der Waals surface area (Å²) in [6.07, 6.45) is 5.09. The number of ether oxygens (including phenoxy) is 1. The summed E-state index contributed by atoms with van der Waals surface area (Å²) in [4.78, 5) is 4.02. The number of aryl methyl sites for hydroxylation is 1. The highest BCUT2D eigenvalue weighted by Crippen LogP contribution is 2.29. The minimum atomic E-state index is 0.729. The Bertz CT molecular complexity index is 660. The SMILES string of the molecule is Cc1cc(Oc2cccnc2)ccc1-c1ccco1. The van der Waals surface area contributed by atoms with E-state index >= 15 is 0 Å². The highest BCUT2D eigenvalue weighted by molar-refractivity contribution is 5.63. The first kappa shape index (κ1) is 11.5. The van der Waals surface area contributed by atoms with Gasteiger partial charge in [0.1, 0.15) is 17.3 Å². The molecule has 0 amide bonds. The summed E-state index contributed by atoms with van der Waals surface area (Å²) in [5.74, 6) is 2.39. The predicted molar refractivity (Wildman–Crippen MR) is 73.2 cm³/mol. The van der Waals surface area contributed by atoms with Gasteiger partial charge in [-0.3, -0.25) is 4.98 Å². The summed E-state index contributed by atoms with van der Waals surface area (Å²) >= 11 is 0. The van der Waals surface area contributed by atoms with Crippen molar-refractivity contribution in [2.24, 2.45) is 0 Å². The summed E-state index contributed by atoms with van der Waals surface area (Å²) in [6, 6.07) is 13.5. The molecule has 0 saturated heterocycles. The molecule has 3 heteroatoms. The van der Waals surface area contributed by atoms with Gasteiger partial charge >= 0.3 is 0 Å². The van der Waals surface area contributed by atoms with Crippen LogP contribution in [0.3, 0.4) is 0 Å². The number of benzene rings is 1. The van der Waals surface area contributed by atoms with Gasteiger partial charge in [0.05, 0.1) is 12.5 Å². The smallest absolute Gasteiger partial charge is 0.145 e. The average molecular weight is 251 g/mol. The molecule has 0 aliphatic heterocycles. The van der Waals surface area contributed by atoms with Crippen LogP contribution >= 0.6 is 0 Å². The average Bonchev–Trinajstić information content (AvgIpc) is 2.94. The van der Waals surface area contributed by atoms with E-state index in [0.717, 1.165) is 28.4 Å². The second-order valence-electron chi connectivity index (χ2n) is 4.24. The van der Waals surface area contributed by atoms with E-state index in [9.17, 15) is 0 Å². The first-order valence-corrected chi connectivity index (χ1v) is 6.05. The molecule has 1 aromatic carbocycles. The first-order chi connectivity index (χ1) is 9.33. The van der Waals surface area contributed by atoms with E-state index in [2.05, 4.69) is 4.98 Å². The third-order valence-electron chi connectivity index (χ3n) is 2.85. The van der Waals surface area contributed by atoms with Crippen molar-refractivity contribution < 1.29 is 9.15 Å². The van der Waals surface area contributed by atoms with Crippen LogP contribution in [-0.2, 0) is 0 Å². The van der Waals surface area contributed by atoms with Crippen LogP contribution in [0.1, 0.15) is 5.56 Å². The van der Waals surface area contributed by atoms with Gasteiger partial charge in [-0.05, 0) is 55.0 Å². The lowest BCUT2D eigenvalue weighted by Crippen LogP contribution is -1.87. The van der Waals surface area contributed by atoms with E-state index in [0.29, 0.717) is 0 Å². The molecule has 0 spiro atoms. The molecule has 19 heavy (non-hydrogen) atoms. The number of pyridine rings is 1. The molecule has 94 valence electrons. The number of nitrogens with zero attached hydrogens (tertiary/aromatic N) is 1. The normalized spacial score (nSPS) is 10.4. The second kappa shape index (κ2) is 4.98. The number of rotatable bonds is 3. The number of hydrogen-bond acceptors (Lipinski definition) is 3. The molecule has 3 nitrogen and oxygen atoms in total. The van der Waals surface area contributed by atoms with Crippen LogP contribution in [0.4, 0.5) is 0 Å². The summed E-state index contributed by atoms with van der Waals surface area (Å²) in [6.45, 7) is 2.04. The van der Waals surface area contributed by atoms with Crippen molar-refractivity contribution in [3.8, 4) is 22.8 Å². The highest BCUT2D eigenvalue weighted by Gasteiger charge is 2.06. The molecule has 0 radical (unpaired) electrons. The summed E-state index contributed by atoms with van der Waals surface area (Å²) < 4.78 is 11.1. The molecule has 0 bridgehead atoms. The highest BCUT2D eigenvalue weighted by atomic mass is 16.5. The zero-order valence-electron chi connectivity index (χ0n) is 10.5. The molecule has 2 heterocycles. The molecule has 0 unspecified atom stereocenters. The Balaban J connectivity index is 1.88. The molecular formula is C16H13NO2. The molecule has 0 fully saturated rings. The molecule has 0 saturated carbocycles. The lowest BCUT2D eigenvalue weighted by molar-refractivity contribution is 0.480. The molecule has 3 rings (SSSR count). The van der Waals surface area contributed by atoms with Gasteiger partial charge in [-0.25, -0.2) is 0 Å². The third kappa shape index (κ3) is 2.50. The van der Waals surface area contributed by atoms with Crippen LogP contribution in [0, 0.1) is 6.92 Å². The maximum Gasteiger partial charge on any atom is 0.145 e. The Kier molecular flexibility index (Phi) is 3.02. The van der Waals surface area contributed by atoms with Gasteiger partial charge in [-0.15, -0.1) is 0 Å². The van der Waals surface area contributed by atoms with Crippen LogP contribution in [0.15, 0.2) is 65.5 Å². The van der Waals surface area contributed by atoms with Crippen molar-refractivity contribution in [1.29, 1.82) is 0 Å². The van der Waals surface area contributed by atoms with E-state index in [1.807, 2.05) is 49.4 Å². The molecule has 0 aliphatic carbocycles. The van der Waals surface area contributed by atoms with Gasteiger partial charge in [0, 0.05) is 11.8 Å². The van der Waals surface area contributed by atoms with Gasteiger partial charge in [0.2, 0.25) is 0 Å². The van der Waals surface area contributed by atoms with Crippen LogP contribution in [0.5, 0.6) is 11.5 Å². The second-order valence-corrected chi connectivity index (χ2v) is 4.24. The molecule has 2 aromatic heterocycles. The van der Waals surface area contributed by atoms with E-state index < -0.39 is 0 Å². The maximum atomic E-state index is 5.74. The largest absolute Gasteiger partial charge is 0.464 e. The van der Waals surface area contributed by atoms with Crippen LogP contribution < -0.4 is 4.74 Å². The number of furan rings is 1. The summed E-state index contributed by atoms with van der Waals surface area (Å²) in [5, 5.41) is 0. The van der Waals surface area contributed by atoms with Crippen molar-refractivity contribution >= 4 is 0 Å². The molecule has 0 atom stereocenters. The summed E-state index contributed by atoms with van der Waals surface area (Å²) in [7, 11) is 0. The number of hydrogen-bond donors (Lipinski definition) is 0. The zero-order chi connectivity index (χ0) is 13.1. The summed E-state index contributed by atoms with van der Waals surface area (Å²) in [5.41, 5.74) is 2.18. The van der Waals surface area contributed by atoms with Crippen molar-refractivity contribution in [1.82, 2.24) is 4.98 Å². The maximum absolute atomic E-state index is 5.74. The standard InChI is InChI=1S/C16H13NO2/c1-12-10-13(19-14-4-2-8-17-11-14)6-7-15(12)16-5-3-9-18-16/h2-11H,1H3. The fourth-order valence-electron chi connectivity index (χ4n) is 1.95. The van der Waals surface area contributed by atoms with Gasteiger partial charge in [-0.2, -0.15) is 0 Å². The minimum Gasteiger partial charge on any atom is -0.464 e. The van der Waals surface area contributed by atoms with Gasteiger partial charge < -0.3 is 9.15 Å². The Morgan fingerprint density at radius 2 is 2.00 bits per heavy atom. The van der Waals surface area contributed by atoms with Crippen LogP contribution in [-0.4, -0.2) is 4.98 Å². The third-order valence-corrected chi connectivity index (χ3v) is 2.85. The zero-order valence-corrected chi connectivity index (χ0v) is 10.5. The van der Waals surface area contributed by atoms with Crippen LogP contribution in [0.25, 0.3) is 11.3 Å². The molecule has 0 N–H and O–H groups in total. The van der Waals surface area contributed by atoms with E-state index in [-0.39, 0.29) is 0 Å². The van der Waals surface area contributed by atoms with E-state index in [1.54, 1.807) is 18.7 Å². The van der Waals surface area contributed by atoms with Crippen LogP contribution in [0.2, 0.25) is 0 Å². The first-order valence-electron chi connectivity index (χ1n) is 6.05. The lowest BCUT2D eigenvalue weighted by atomic mass is 10.1. The van der Waals surface area contributed by atoms with E-state index in [1.165, 1.54) is 0 Å². The van der Waals surface area contributed by atoms with Gasteiger partial charge in [0.15, 0.2) is 0 Å². The van der Waals surface area contributed by atoms with Crippen molar-refractivity contribution in [3.63, 3.8) is 0 Å². The lowest BCUT2D eigenvalue weighted by Gasteiger charge is -2.08. The fourth-order valence-corrected chi connectivity index (χ4v) is 1.95. The predicted octanol–water partition coefficient (Wildman–Crippen LogP) is 4.44. The van der Waals surface area contributed by atoms with Crippen molar-refractivity contribution in [2.45, 2.75) is 6.92 Å². The Hall–Kier alpha value is -2.55. The molecule has 3 aromatic rings. The van der Waals surface area contributed by atoms with Gasteiger partial charge in [-0.1, -0.05) is 0 Å². The monoisotopic (exact) mass is 251 g/mol. The topological polar surface area (TPSA) is 35.3 Å². The fraction of sp³-hybridized carbons (Fsp3) is 0.0625. The molecular weight excluding hydrogens is 238 g/mol. The van der Waals surface area contributed by atoms with Gasteiger partial charge in [0.25, 0.3) is 0 Å². The Labute approximate surface area is 111 Å². The quantitative estimate of drug-likeness (QED) is 0.690. The van der Waals surface area contributed by atoms with E-state index in [4.69, 9.17) is 9.15 Å². The Morgan fingerprint density at radius 1 is 1.05 bits per heavy atom. The van der Waals surface area contributed by atoms with Crippen molar-refractivity contribution in [2.75, 3.05) is 0 Å². The minimum absolute atomic E-state index is 0.729. The number of aromatic nitrogens is 1. The molecule has 0 aliphatic rings. The Morgan fingerprint density at radius 3 is 2.68 bits per heavy atom.